The molecule has 5 heteroatoms. The first-order valence-corrected chi connectivity index (χ1v) is 6.26. The van der Waals surface area contributed by atoms with Gasteiger partial charge in [0.05, 0.1) is 11.6 Å². The Kier molecular flexibility index (Phi) is 2.10. The summed E-state index contributed by atoms with van der Waals surface area (Å²) < 4.78 is 11.9. The molecule has 0 spiro atoms. The normalized spacial score (nSPS) is 18.9. The van der Waals surface area contributed by atoms with E-state index in [1.807, 2.05) is 13.0 Å². The maximum Gasteiger partial charge on any atom is 0.148 e. The van der Waals surface area contributed by atoms with Crippen molar-refractivity contribution in [3.63, 3.8) is 0 Å². The van der Waals surface area contributed by atoms with E-state index in [0.717, 1.165) is 21.0 Å². The summed E-state index contributed by atoms with van der Waals surface area (Å²) in [5.74, 6) is 2.04. The first kappa shape index (κ1) is 9.42. The van der Waals surface area contributed by atoms with Crippen LogP contribution in [0, 0.1) is 6.92 Å². The summed E-state index contributed by atoms with van der Waals surface area (Å²) in [6.07, 6.45) is 0. The number of thiophene rings is 1. The predicted octanol–water partition coefficient (Wildman–Crippen LogP) is 3.33. The number of nitrogens with zero attached hydrogens (tertiary/aromatic N) is 1. The van der Waals surface area contributed by atoms with Crippen LogP contribution >= 0.6 is 27.3 Å². The number of fused-ring (bicyclic) bond motifs is 1. The van der Waals surface area contributed by atoms with Crippen LogP contribution < -0.4 is 4.74 Å². The molecule has 1 aliphatic rings. The van der Waals surface area contributed by atoms with E-state index in [2.05, 4.69) is 26.5 Å². The molecule has 0 amide bonds. The average molecular weight is 286 g/mol. The Balaban J connectivity index is 2.03. The lowest BCUT2D eigenvalue weighted by Crippen LogP contribution is -2.00. The van der Waals surface area contributed by atoms with Crippen LogP contribution in [0.3, 0.4) is 0 Å². The Labute approximate surface area is 99.2 Å². The fraction of sp³-hybridized carbons (Fsp3) is 0.300. The molecule has 15 heavy (non-hydrogen) atoms. The molecule has 78 valence electrons. The summed E-state index contributed by atoms with van der Waals surface area (Å²) in [6, 6.07) is 1.97. The minimum absolute atomic E-state index is 0.198. The lowest BCUT2D eigenvalue weighted by molar-refractivity contribution is 0.308. The molecular formula is C10H8BrNO2S. The fourth-order valence-electron chi connectivity index (χ4n) is 1.76. The third-order valence-electron chi connectivity index (χ3n) is 2.49. The van der Waals surface area contributed by atoms with Crippen LogP contribution in [-0.4, -0.2) is 11.8 Å². The number of aromatic nitrogens is 1. The van der Waals surface area contributed by atoms with Gasteiger partial charge < -0.3 is 9.26 Å². The summed E-state index contributed by atoms with van der Waals surface area (Å²) in [7, 11) is 0. The highest BCUT2D eigenvalue weighted by atomic mass is 79.9. The molecule has 0 aliphatic carbocycles. The van der Waals surface area contributed by atoms with Gasteiger partial charge in [0.15, 0.2) is 0 Å². The molecule has 2 aromatic rings. The first-order valence-electron chi connectivity index (χ1n) is 4.58. The van der Waals surface area contributed by atoms with Crippen LogP contribution in [0.5, 0.6) is 5.75 Å². The van der Waals surface area contributed by atoms with E-state index in [-0.39, 0.29) is 5.92 Å². The lowest BCUT2D eigenvalue weighted by atomic mass is 10.0. The monoisotopic (exact) mass is 285 g/mol. The van der Waals surface area contributed by atoms with E-state index in [1.165, 1.54) is 5.56 Å². The summed E-state index contributed by atoms with van der Waals surface area (Å²) in [6.45, 7) is 2.57. The Hall–Kier alpha value is -0.810. The Morgan fingerprint density at radius 3 is 3.20 bits per heavy atom. The van der Waals surface area contributed by atoms with E-state index in [4.69, 9.17) is 9.26 Å². The van der Waals surface area contributed by atoms with Crippen LogP contribution in [0.25, 0.3) is 0 Å². The molecule has 0 saturated heterocycles. The number of rotatable bonds is 1. The second-order valence-electron chi connectivity index (χ2n) is 3.53. The molecule has 0 saturated carbocycles. The van der Waals surface area contributed by atoms with Gasteiger partial charge in [-0.2, -0.15) is 0 Å². The van der Waals surface area contributed by atoms with Crippen molar-refractivity contribution in [3.8, 4) is 5.75 Å². The molecule has 0 bridgehead atoms. The van der Waals surface area contributed by atoms with Crippen LogP contribution in [0.1, 0.15) is 22.9 Å². The molecule has 0 aromatic carbocycles. The van der Waals surface area contributed by atoms with Gasteiger partial charge in [-0.1, -0.05) is 5.16 Å². The molecule has 0 fully saturated rings. The van der Waals surface area contributed by atoms with E-state index in [0.29, 0.717) is 6.61 Å². The van der Waals surface area contributed by atoms with Gasteiger partial charge in [0.1, 0.15) is 21.9 Å². The standard InChI is InChI=1S/C10H8BrNO2S/c1-5-2-8(14-12-5)6-3-13-9-7(6)4-15-10(9)11/h2,4,6H,3H2,1H3. The number of aryl methyl sites for hydroxylation is 1. The van der Waals surface area contributed by atoms with Crippen molar-refractivity contribution in [1.29, 1.82) is 0 Å². The summed E-state index contributed by atoms with van der Waals surface area (Å²) in [4.78, 5) is 0. The van der Waals surface area contributed by atoms with Gasteiger partial charge in [-0.05, 0) is 28.2 Å². The topological polar surface area (TPSA) is 35.3 Å². The zero-order valence-electron chi connectivity index (χ0n) is 7.99. The highest BCUT2D eigenvalue weighted by Gasteiger charge is 2.31. The van der Waals surface area contributed by atoms with Crippen LogP contribution in [-0.2, 0) is 0 Å². The van der Waals surface area contributed by atoms with Crippen molar-refractivity contribution in [1.82, 2.24) is 5.16 Å². The van der Waals surface area contributed by atoms with Gasteiger partial charge in [-0.25, -0.2) is 0 Å². The van der Waals surface area contributed by atoms with Crippen molar-refractivity contribution < 1.29 is 9.26 Å². The molecule has 2 aromatic heterocycles. The number of hydrogen-bond donors (Lipinski definition) is 0. The zero-order chi connectivity index (χ0) is 10.4. The average Bonchev–Trinajstić information content (AvgIpc) is 2.84. The van der Waals surface area contributed by atoms with E-state index >= 15 is 0 Å². The maximum absolute atomic E-state index is 5.62. The summed E-state index contributed by atoms with van der Waals surface area (Å²) in [5, 5.41) is 6.01. The zero-order valence-corrected chi connectivity index (χ0v) is 10.4. The van der Waals surface area contributed by atoms with Crippen LogP contribution in [0.15, 0.2) is 19.8 Å². The molecule has 3 rings (SSSR count). The van der Waals surface area contributed by atoms with Crippen molar-refractivity contribution in [3.05, 3.63) is 32.3 Å². The third-order valence-corrected chi connectivity index (χ3v) is 4.17. The van der Waals surface area contributed by atoms with Crippen molar-refractivity contribution in [2.45, 2.75) is 12.8 Å². The molecule has 0 radical (unpaired) electrons. The third kappa shape index (κ3) is 1.41. The second kappa shape index (κ2) is 3.35. The van der Waals surface area contributed by atoms with Crippen LogP contribution in [0.4, 0.5) is 0 Å². The van der Waals surface area contributed by atoms with Gasteiger partial charge in [-0.15, -0.1) is 11.3 Å². The SMILES string of the molecule is Cc1cc(C2COc3c2csc3Br)on1. The number of ether oxygens (including phenoxy) is 1. The Bertz CT molecular complexity index is 505. The molecule has 3 heterocycles. The maximum atomic E-state index is 5.62. The largest absolute Gasteiger partial charge is 0.490 e. The molecule has 0 N–H and O–H groups in total. The predicted molar refractivity (Wildman–Crippen MR) is 60.6 cm³/mol. The molecule has 1 unspecified atom stereocenters. The van der Waals surface area contributed by atoms with Gasteiger partial charge in [0.25, 0.3) is 0 Å². The fourth-order valence-corrected chi connectivity index (χ4v) is 3.16. The van der Waals surface area contributed by atoms with Crippen molar-refractivity contribution >= 4 is 27.3 Å². The summed E-state index contributed by atoms with van der Waals surface area (Å²) >= 11 is 5.11. The van der Waals surface area contributed by atoms with E-state index < -0.39 is 0 Å². The van der Waals surface area contributed by atoms with Crippen molar-refractivity contribution in [2.24, 2.45) is 0 Å². The van der Waals surface area contributed by atoms with Gasteiger partial charge in [-0.3, -0.25) is 0 Å². The molecule has 1 aliphatic heterocycles. The van der Waals surface area contributed by atoms with E-state index in [9.17, 15) is 0 Å². The second-order valence-corrected chi connectivity index (χ2v) is 5.73. The Morgan fingerprint density at radius 1 is 1.60 bits per heavy atom. The number of hydrogen-bond acceptors (Lipinski definition) is 4. The van der Waals surface area contributed by atoms with Gasteiger partial charge >= 0.3 is 0 Å². The smallest absolute Gasteiger partial charge is 0.148 e. The molecular weight excluding hydrogens is 278 g/mol. The molecule has 1 atom stereocenters. The van der Waals surface area contributed by atoms with Crippen molar-refractivity contribution in [2.75, 3.05) is 6.61 Å². The molecule has 3 nitrogen and oxygen atoms in total. The van der Waals surface area contributed by atoms with Gasteiger partial charge in [0.2, 0.25) is 0 Å². The summed E-state index contributed by atoms with van der Waals surface area (Å²) in [5.41, 5.74) is 2.11. The van der Waals surface area contributed by atoms with Crippen LogP contribution in [0.2, 0.25) is 0 Å². The minimum atomic E-state index is 0.198. The van der Waals surface area contributed by atoms with Gasteiger partial charge in [0, 0.05) is 11.6 Å². The van der Waals surface area contributed by atoms with E-state index in [1.54, 1.807) is 11.3 Å². The highest BCUT2D eigenvalue weighted by molar-refractivity contribution is 9.11. The lowest BCUT2D eigenvalue weighted by Gasteiger charge is -2.01. The minimum Gasteiger partial charge on any atom is -0.490 e. The number of halogens is 1. The quantitative estimate of drug-likeness (QED) is 0.806. The first-order chi connectivity index (χ1) is 7.25. The highest BCUT2D eigenvalue weighted by Crippen LogP contribution is 2.46. The Morgan fingerprint density at radius 2 is 2.47 bits per heavy atom.